The number of H-pyrrole nitrogens is 1. The number of rotatable bonds is 1. The van der Waals surface area contributed by atoms with Gasteiger partial charge in [0.15, 0.2) is 0 Å². The van der Waals surface area contributed by atoms with E-state index in [4.69, 9.17) is 0 Å². The van der Waals surface area contributed by atoms with Crippen molar-refractivity contribution < 1.29 is 0 Å². The van der Waals surface area contributed by atoms with E-state index < -0.39 is 0 Å². The van der Waals surface area contributed by atoms with Crippen molar-refractivity contribution in [3.63, 3.8) is 0 Å². The Balaban J connectivity index is 2.20. The molecule has 0 unspecified atom stereocenters. The molecule has 0 bridgehead atoms. The predicted molar refractivity (Wildman–Crippen MR) is 82.8 cm³/mol. The number of aromatic amines is 1. The van der Waals surface area contributed by atoms with Crippen molar-refractivity contribution in [1.82, 2.24) is 15.0 Å². The molecule has 1 aromatic carbocycles. The number of hydrogen-bond donors (Lipinski definition) is 1. The van der Waals surface area contributed by atoms with Gasteiger partial charge < -0.3 is 4.98 Å². The van der Waals surface area contributed by atoms with E-state index in [9.17, 15) is 4.79 Å². The number of halogens is 1. The molecule has 0 amide bonds. The Hall–Kier alpha value is -2.01. The number of nitrogens with one attached hydrogen (secondary N) is 1. The Morgan fingerprint density at radius 2 is 1.90 bits per heavy atom. The molecule has 0 aliphatic carbocycles. The molecular formula is C15H12BrN3O. The fourth-order valence-corrected chi connectivity index (χ4v) is 2.27. The second-order valence-corrected chi connectivity index (χ2v) is 5.47. The zero-order valence-electron chi connectivity index (χ0n) is 11.1. The maximum absolute atomic E-state index is 11.8. The molecule has 0 atom stereocenters. The van der Waals surface area contributed by atoms with Crippen LogP contribution >= 0.6 is 15.9 Å². The van der Waals surface area contributed by atoms with Gasteiger partial charge in [-0.05, 0) is 54.0 Å². The topological polar surface area (TPSA) is 58.6 Å². The first-order valence-corrected chi connectivity index (χ1v) is 6.98. The molecule has 1 N–H and O–H groups in total. The summed E-state index contributed by atoms with van der Waals surface area (Å²) in [5, 5.41) is 1.02. The molecule has 3 aromatic rings. The molecule has 5 heteroatoms. The van der Waals surface area contributed by atoms with E-state index >= 15 is 0 Å². The minimum atomic E-state index is -0.172. The normalized spacial score (nSPS) is 10.9. The molecule has 0 aliphatic rings. The van der Waals surface area contributed by atoms with Crippen LogP contribution in [0, 0.1) is 13.8 Å². The maximum Gasteiger partial charge on any atom is 0.265 e. The lowest BCUT2D eigenvalue weighted by Gasteiger charge is -2.05. The van der Waals surface area contributed by atoms with Crippen LogP contribution in [-0.2, 0) is 0 Å². The highest BCUT2D eigenvalue weighted by Crippen LogP contribution is 2.21. The first-order valence-electron chi connectivity index (χ1n) is 6.19. The molecule has 0 spiro atoms. The van der Waals surface area contributed by atoms with Crippen LogP contribution in [0.25, 0.3) is 22.3 Å². The summed E-state index contributed by atoms with van der Waals surface area (Å²) >= 11 is 3.22. The van der Waals surface area contributed by atoms with Crippen LogP contribution < -0.4 is 5.56 Å². The highest BCUT2D eigenvalue weighted by molar-refractivity contribution is 9.10. The molecule has 3 rings (SSSR count). The Bertz CT molecular complexity index is 871. The van der Waals surface area contributed by atoms with Crippen molar-refractivity contribution in [1.29, 1.82) is 0 Å². The van der Waals surface area contributed by atoms with Crippen molar-refractivity contribution >= 4 is 26.8 Å². The molecule has 0 aliphatic heterocycles. The minimum absolute atomic E-state index is 0.172. The van der Waals surface area contributed by atoms with Crippen LogP contribution in [0.2, 0.25) is 0 Å². The number of aryl methyl sites for hydroxylation is 2. The van der Waals surface area contributed by atoms with Gasteiger partial charge in [0.25, 0.3) is 5.56 Å². The third-order valence-corrected chi connectivity index (χ3v) is 4.06. The van der Waals surface area contributed by atoms with Crippen LogP contribution in [0.15, 0.2) is 39.6 Å². The lowest BCUT2D eigenvalue weighted by atomic mass is 10.1. The molecule has 2 aromatic heterocycles. The van der Waals surface area contributed by atoms with Crippen LogP contribution in [0.4, 0.5) is 0 Å². The van der Waals surface area contributed by atoms with Gasteiger partial charge >= 0.3 is 0 Å². The van der Waals surface area contributed by atoms with Crippen molar-refractivity contribution in [2.75, 3.05) is 0 Å². The molecule has 0 saturated heterocycles. The van der Waals surface area contributed by atoms with Gasteiger partial charge in [-0.25, -0.2) is 4.98 Å². The smallest absolute Gasteiger partial charge is 0.265 e. The van der Waals surface area contributed by atoms with E-state index in [-0.39, 0.29) is 5.56 Å². The van der Waals surface area contributed by atoms with Gasteiger partial charge in [-0.2, -0.15) is 0 Å². The lowest BCUT2D eigenvalue weighted by molar-refractivity contribution is 1.05. The van der Waals surface area contributed by atoms with Crippen molar-refractivity contribution in [3.05, 3.63) is 56.5 Å². The number of benzene rings is 1. The van der Waals surface area contributed by atoms with E-state index in [0.717, 1.165) is 22.2 Å². The van der Waals surface area contributed by atoms with E-state index in [1.54, 1.807) is 6.92 Å². The number of pyridine rings is 1. The molecule has 20 heavy (non-hydrogen) atoms. The van der Waals surface area contributed by atoms with Gasteiger partial charge in [0.2, 0.25) is 0 Å². The van der Waals surface area contributed by atoms with Crippen LogP contribution in [0.5, 0.6) is 0 Å². The summed E-state index contributed by atoms with van der Waals surface area (Å²) in [4.78, 5) is 23.4. The Kier molecular flexibility index (Phi) is 3.14. The summed E-state index contributed by atoms with van der Waals surface area (Å²) in [6.07, 6.45) is 0. The lowest BCUT2D eigenvalue weighted by Crippen LogP contribution is -2.11. The summed E-state index contributed by atoms with van der Waals surface area (Å²) in [6, 6.07) is 9.82. The first-order chi connectivity index (χ1) is 9.54. The maximum atomic E-state index is 11.8. The van der Waals surface area contributed by atoms with Gasteiger partial charge in [-0.3, -0.25) is 9.78 Å². The molecule has 0 saturated carbocycles. The minimum Gasteiger partial charge on any atom is -0.306 e. The van der Waals surface area contributed by atoms with Gasteiger partial charge in [0.05, 0.1) is 11.2 Å². The van der Waals surface area contributed by atoms with Crippen LogP contribution in [-0.4, -0.2) is 15.0 Å². The van der Waals surface area contributed by atoms with E-state index in [1.807, 2.05) is 37.3 Å². The fraction of sp³-hybridized carbons (Fsp3) is 0.133. The molecule has 0 radical (unpaired) electrons. The molecule has 4 nitrogen and oxygen atoms in total. The number of fused-ring (bicyclic) bond motifs is 1. The summed E-state index contributed by atoms with van der Waals surface area (Å²) in [7, 11) is 0. The quantitative estimate of drug-likeness (QED) is 0.744. The predicted octanol–water partition coefficient (Wildman–Crippen LogP) is 3.36. The number of hydrogen-bond acceptors (Lipinski definition) is 3. The molecule has 100 valence electrons. The monoisotopic (exact) mass is 329 g/mol. The van der Waals surface area contributed by atoms with Crippen LogP contribution in [0.3, 0.4) is 0 Å². The first kappa shape index (κ1) is 13.0. The zero-order chi connectivity index (χ0) is 14.3. The number of aromatic nitrogens is 3. The summed E-state index contributed by atoms with van der Waals surface area (Å²) in [6.45, 7) is 3.76. The van der Waals surface area contributed by atoms with Gasteiger partial charge in [0, 0.05) is 16.6 Å². The van der Waals surface area contributed by atoms with E-state index in [0.29, 0.717) is 16.0 Å². The number of nitrogens with zero attached hydrogens (tertiary/aromatic N) is 2. The fourth-order valence-electron chi connectivity index (χ4n) is 2.08. The average molecular weight is 330 g/mol. The Labute approximate surface area is 124 Å². The molecular weight excluding hydrogens is 318 g/mol. The Morgan fingerprint density at radius 1 is 1.10 bits per heavy atom. The summed E-state index contributed by atoms with van der Waals surface area (Å²) in [5.74, 6) is 0.568. The molecule has 2 heterocycles. The van der Waals surface area contributed by atoms with E-state index in [1.165, 1.54) is 0 Å². The largest absolute Gasteiger partial charge is 0.306 e. The van der Waals surface area contributed by atoms with E-state index in [2.05, 4.69) is 30.9 Å². The van der Waals surface area contributed by atoms with Gasteiger partial charge in [0.1, 0.15) is 10.3 Å². The molecule has 0 fully saturated rings. The van der Waals surface area contributed by atoms with Gasteiger partial charge in [-0.15, -0.1) is 0 Å². The SMILES string of the molecule is Cc1ccc2cc(-c3nc(C)c(Br)c(=O)[nH]3)ccc2n1. The summed E-state index contributed by atoms with van der Waals surface area (Å²) in [5.41, 5.74) is 3.29. The van der Waals surface area contributed by atoms with Crippen molar-refractivity contribution in [2.24, 2.45) is 0 Å². The highest BCUT2D eigenvalue weighted by Gasteiger charge is 2.08. The Morgan fingerprint density at radius 3 is 2.65 bits per heavy atom. The second kappa shape index (κ2) is 4.83. The standard InChI is InChI=1S/C15H12BrN3O/c1-8-3-4-10-7-11(5-6-12(10)17-8)14-18-9(2)13(16)15(20)19-14/h3-7H,1-2H3,(H,18,19,20). The second-order valence-electron chi connectivity index (χ2n) is 4.67. The van der Waals surface area contributed by atoms with Gasteiger partial charge in [-0.1, -0.05) is 6.07 Å². The van der Waals surface area contributed by atoms with Crippen molar-refractivity contribution in [3.8, 4) is 11.4 Å². The third-order valence-electron chi connectivity index (χ3n) is 3.13. The zero-order valence-corrected chi connectivity index (χ0v) is 12.7. The summed E-state index contributed by atoms with van der Waals surface area (Å²) < 4.78 is 0.472. The van der Waals surface area contributed by atoms with Crippen molar-refractivity contribution in [2.45, 2.75) is 13.8 Å². The van der Waals surface area contributed by atoms with Crippen LogP contribution in [0.1, 0.15) is 11.4 Å². The highest BCUT2D eigenvalue weighted by atomic mass is 79.9. The average Bonchev–Trinajstić information content (AvgIpc) is 2.43. The third kappa shape index (κ3) is 2.25.